The molecule has 0 fully saturated rings. The Bertz CT molecular complexity index is 943. The van der Waals surface area contributed by atoms with Crippen molar-refractivity contribution in [2.24, 2.45) is 11.7 Å². The highest BCUT2D eigenvalue weighted by molar-refractivity contribution is 7.98. The summed E-state index contributed by atoms with van der Waals surface area (Å²) >= 11 is 1.43. The number of benzene rings is 1. The number of carbonyl (C=O) groups is 5. The smallest absolute Gasteiger partial charge is 0.326 e. The lowest BCUT2D eigenvalue weighted by atomic mass is 9.96. The van der Waals surface area contributed by atoms with Crippen LogP contribution in [-0.2, 0) is 30.4 Å². The first kappa shape index (κ1) is 31.7. The molecule has 0 aliphatic rings. The number of carboxylic acids is 2. The molecule has 0 bridgehead atoms. The standard InChI is InChI=1S/C24H36N4O8S/c1-4-13(2)20(23(34)27-18(24(35)36)11-14-5-7-15(29)8-6-14)28-22(33)17(9-10-37-3)26-21(32)16(25)12-19(30)31/h5-8,13,16-18,20,29H,4,9-12,25H2,1-3H3,(H,26,32)(H,27,34)(H,28,33)(H,30,31)(H,35,36). The predicted octanol–water partition coefficient (Wildman–Crippen LogP) is 0.0749. The summed E-state index contributed by atoms with van der Waals surface area (Å²) in [5.74, 6) is -4.59. The highest BCUT2D eigenvalue weighted by Gasteiger charge is 2.33. The minimum atomic E-state index is -1.35. The number of nitrogens with one attached hydrogen (secondary N) is 3. The molecule has 8 N–H and O–H groups in total. The van der Waals surface area contributed by atoms with Gasteiger partial charge in [0, 0.05) is 6.42 Å². The second-order valence-corrected chi connectivity index (χ2v) is 9.67. The fourth-order valence-corrected chi connectivity index (χ4v) is 3.82. The van der Waals surface area contributed by atoms with Crippen molar-refractivity contribution in [3.05, 3.63) is 29.8 Å². The molecule has 0 saturated carbocycles. The highest BCUT2D eigenvalue weighted by Crippen LogP contribution is 2.13. The van der Waals surface area contributed by atoms with Crippen LogP contribution in [0.5, 0.6) is 5.75 Å². The number of rotatable bonds is 16. The second kappa shape index (κ2) is 15.7. The molecule has 12 nitrogen and oxygen atoms in total. The molecule has 0 saturated heterocycles. The lowest BCUT2D eigenvalue weighted by Crippen LogP contribution is -2.59. The van der Waals surface area contributed by atoms with Crippen molar-refractivity contribution >= 4 is 41.4 Å². The summed E-state index contributed by atoms with van der Waals surface area (Å²) in [5, 5.41) is 35.5. The third-order valence-corrected chi connectivity index (χ3v) is 6.40. The summed E-state index contributed by atoms with van der Waals surface area (Å²) in [6.45, 7) is 3.53. The first-order valence-electron chi connectivity index (χ1n) is 11.8. The van der Waals surface area contributed by atoms with Gasteiger partial charge in [0.05, 0.1) is 12.5 Å². The number of aromatic hydroxyl groups is 1. The Morgan fingerprint density at radius 1 is 0.946 bits per heavy atom. The molecule has 1 aromatic rings. The van der Waals surface area contributed by atoms with Crippen LogP contribution >= 0.6 is 11.8 Å². The van der Waals surface area contributed by atoms with Crippen LogP contribution in [0.3, 0.4) is 0 Å². The third kappa shape index (κ3) is 11.1. The molecular weight excluding hydrogens is 504 g/mol. The maximum Gasteiger partial charge on any atom is 0.326 e. The Balaban J connectivity index is 3.02. The van der Waals surface area contributed by atoms with Gasteiger partial charge in [0.25, 0.3) is 0 Å². The second-order valence-electron chi connectivity index (χ2n) is 8.69. The van der Waals surface area contributed by atoms with Crippen LogP contribution in [0, 0.1) is 5.92 Å². The van der Waals surface area contributed by atoms with E-state index in [1.165, 1.54) is 23.9 Å². The van der Waals surface area contributed by atoms with Crippen molar-refractivity contribution < 1.29 is 39.3 Å². The number of phenolic OH excluding ortho intramolecular Hbond substituents is 1. The van der Waals surface area contributed by atoms with Crippen molar-refractivity contribution in [1.29, 1.82) is 0 Å². The minimum Gasteiger partial charge on any atom is -0.508 e. The van der Waals surface area contributed by atoms with E-state index in [4.69, 9.17) is 10.8 Å². The highest BCUT2D eigenvalue weighted by atomic mass is 32.2. The number of aliphatic carboxylic acids is 2. The van der Waals surface area contributed by atoms with E-state index in [-0.39, 0.29) is 24.5 Å². The van der Waals surface area contributed by atoms with Crippen molar-refractivity contribution in [2.45, 2.75) is 63.7 Å². The van der Waals surface area contributed by atoms with Gasteiger partial charge in [-0.2, -0.15) is 11.8 Å². The van der Waals surface area contributed by atoms with Gasteiger partial charge in [-0.3, -0.25) is 19.2 Å². The zero-order chi connectivity index (χ0) is 28.1. The molecule has 1 aromatic carbocycles. The summed E-state index contributed by atoms with van der Waals surface area (Å²) < 4.78 is 0. The van der Waals surface area contributed by atoms with E-state index in [0.717, 1.165) is 0 Å². The Morgan fingerprint density at radius 2 is 1.54 bits per heavy atom. The molecule has 0 spiro atoms. The van der Waals surface area contributed by atoms with Crippen molar-refractivity contribution in [1.82, 2.24) is 16.0 Å². The van der Waals surface area contributed by atoms with Gasteiger partial charge in [0.1, 0.15) is 23.9 Å². The Morgan fingerprint density at radius 3 is 2.05 bits per heavy atom. The molecule has 0 aromatic heterocycles. The SMILES string of the molecule is CCC(C)C(NC(=O)C(CCSC)NC(=O)C(N)CC(=O)O)C(=O)NC(Cc1ccc(O)cc1)C(=O)O. The number of carboxylic acid groups (broad SMARTS) is 2. The number of amides is 3. The van der Waals surface area contributed by atoms with Crippen LogP contribution in [0.4, 0.5) is 0 Å². The van der Waals surface area contributed by atoms with Gasteiger partial charge in [-0.1, -0.05) is 32.4 Å². The molecular formula is C24H36N4O8S. The van der Waals surface area contributed by atoms with E-state index in [1.807, 2.05) is 6.26 Å². The normalized spacial score (nSPS) is 14.9. The van der Waals surface area contributed by atoms with E-state index in [1.54, 1.807) is 26.0 Å². The van der Waals surface area contributed by atoms with Gasteiger partial charge >= 0.3 is 11.9 Å². The van der Waals surface area contributed by atoms with Gasteiger partial charge in [0.2, 0.25) is 17.7 Å². The maximum atomic E-state index is 13.1. The Kier molecular flexibility index (Phi) is 13.5. The quantitative estimate of drug-likeness (QED) is 0.150. The van der Waals surface area contributed by atoms with Gasteiger partial charge < -0.3 is 37.0 Å². The van der Waals surface area contributed by atoms with E-state index < -0.39 is 60.2 Å². The average molecular weight is 541 g/mol. The van der Waals surface area contributed by atoms with Crippen molar-refractivity contribution in [2.75, 3.05) is 12.0 Å². The molecule has 0 aliphatic carbocycles. The monoisotopic (exact) mass is 540 g/mol. The number of hydrogen-bond acceptors (Lipinski definition) is 8. The fraction of sp³-hybridized carbons (Fsp3) is 0.542. The predicted molar refractivity (Wildman–Crippen MR) is 138 cm³/mol. The van der Waals surface area contributed by atoms with Gasteiger partial charge in [-0.25, -0.2) is 4.79 Å². The molecule has 3 amide bonds. The molecule has 37 heavy (non-hydrogen) atoms. The first-order valence-corrected chi connectivity index (χ1v) is 13.2. The van der Waals surface area contributed by atoms with Crippen LogP contribution in [0.15, 0.2) is 24.3 Å². The van der Waals surface area contributed by atoms with Gasteiger partial charge in [-0.05, 0) is 42.0 Å². The number of thioether (sulfide) groups is 1. The molecule has 206 valence electrons. The lowest BCUT2D eigenvalue weighted by Gasteiger charge is -2.28. The number of hydrogen-bond donors (Lipinski definition) is 7. The van der Waals surface area contributed by atoms with E-state index >= 15 is 0 Å². The largest absolute Gasteiger partial charge is 0.508 e. The van der Waals surface area contributed by atoms with Crippen molar-refractivity contribution in [3.63, 3.8) is 0 Å². The molecule has 5 atom stereocenters. The fourth-order valence-electron chi connectivity index (χ4n) is 3.35. The molecule has 0 radical (unpaired) electrons. The van der Waals surface area contributed by atoms with E-state index in [9.17, 15) is 34.2 Å². The molecule has 0 heterocycles. The van der Waals surface area contributed by atoms with Crippen LogP contribution < -0.4 is 21.7 Å². The van der Waals surface area contributed by atoms with E-state index in [2.05, 4.69) is 16.0 Å². The molecule has 0 aliphatic heterocycles. The number of nitrogens with two attached hydrogens (primary N) is 1. The van der Waals surface area contributed by atoms with Crippen LogP contribution in [0.2, 0.25) is 0 Å². The van der Waals surface area contributed by atoms with E-state index in [0.29, 0.717) is 17.7 Å². The zero-order valence-corrected chi connectivity index (χ0v) is 21.9. The minimum absolute atomic E-state index is 0.0197. The number of carbonyl (C=O) groups excluding carboxylic acids is 3. The third-order valence-electron chi connectivity index (χ3n) is 5.76. The lowest BCUT2D eigenvalue weighted by molar-refractivity contribution is -0.142. The van der Waals surface area contributed by atoms with Gasteiger partial charge in [0.15, 0.2) is 0 Å². The average Bonchev–Trinajstić information content (AvgIpc) is 2.84. The molecule has 5 unspecified atom stereocenters. The zero-order valence-electron chi connectivity index (χ0n) is 21.1. The Hall–Kier alpha value is -3.32. The Labute approximate surface area is 219 Å². The summed E-state index contributed by atoms with van der Waals surface area (Å²) in [5.41, 5.74) is 6.18. The molecule has 13 heteroatoms. The topological polar surface area (TPSA) is 208 Å². The van der Waals surface area contributed by atoms with Crippen LogP contribution in [-0.4, -0.2) is 81.2 Å². The maximum absolute atomic E-state index is 13.1. The molecule has 1 rings (SSSR count). The van der Waals surface area contributed by atoms with Crippen LogP contribution in [0.1, 0.15) is 38.7 Å². The number of phenols is 1. The van der Waals surface area contributed by atoms with Crippen LogP contribution in [0.25, 0.3) is 0 Å². The van der Waals surface area contributed by atoms with Crippen molar-refractivity contribution in [3.8, 4) is 5.75 Å². The summed E-state index contributed by atoms with van der Waals surface area (Å²) in [7, 11) is 0. The summed E-state index contributed by atoms with van der Waals surface area (Å²) in [4.78, 5) is 61.2. The van der Waals surface area contributed by atoms with Gasteiger partial charge in [-0.15, -0.1) is 0 Å². The summed E-state index contributed by atoms with van der Waals surface area (Å²) in [6.07, 6.45) is 1.84. The first-order chi connectivity index (χ1) is 17.4. The summed E-state index contributed by atoms with van der Waals surface area (Å²) in [6, 6.07) is 1.08.